The number of hydrazine groups is 1. The molecule has 1 unspecified atom stereocenters. The van der Waals surface area contributed by atoms with E-state index in [1.807, 2.05) is 43.3 Å². The zero-order valence-corrected chi connectivity index (χ0v) is 11.5. The van der Waals surface area contributed by atoms with Gasteiger partial charge in [0, 0.05) is 6.20 Å². The van der Waals surface area contributed by atoms with Crippen LogP contribution >= 0.6 is 0 Å². The largest absolute Gasteiger partial charge is 0.490 e. The lowest BCUT2D eigenvalue weighted by Gasteiger charge is -2.18. The summed E-state index contributed by atoms with van der Waals surface area (Å²) in [5.41, 5.74) is 5.97. The third-order valence-electron chi connectivity index (χ3n) is 3.51. The van der Waals surface area contributed by atoms with Crippen LogP contribution in [0.4, 0.5) is 0 Å². The fourth-order valence-electron chi connectivity index (χ4n) is 2.28. The van der Waals surface area contributed by atoms with Crippen molar-refractivity contribution in [1.29, 1.82) is 0 Å². The van der Waals surface area contributed by atoms with E-state index in [-0.39, 0.29) is 6.04 Å². The number of pyridine rings is 1. The second-order valence-electron chi connectivity index (χ2n) is 5.19. The average molecular weight is 269 g/mol. The molecule has 4 nitrogen and oxygen atoms in total. The van der Waals surface area contributed by atoms with E-state index < -0.39 is 0 Å². The maximum atomic E-state index is 5.84. The Bertz CT molecular complexity index is 596. The molecule has 0 amide bonds. The first kappa shape index (κ1) is 13.1. The Hall–Kier alpha value is -1.91. The number of hydrogen-bond acceptors (Lipinski definition) is 4. The number of aryl methyl sites for hydroxylation is 1. The number of hydrogen-bond donors (Lipinski definition) is 2. The molecule has 1 atom stereocenters. The fourth-order valence-corrected chi connectivity index (χ4v) is 2.28. The summed E-state index contributed by atoms with van der Waals surface area (Å²) in [5.74, 6) is 6.64. The van der Waals surface area contributed by atoms with Gasteiger partial charge in [0.15, 0.2) is 0 Å². The molecule has 20 heavy (non-hydrogen) atoms. The highest BCUT2D eigenvalue weighted by Crippen LogP contribution is 2.29. The van der Waals surface area contributed by atoms with Crippen LogP contribution in [0.3, 0.4) is 0 Å². The standard InChI is InChI=1S/C16H19N3O/c1-11-4-3-9-18-15(11)16(19-17)12-5-2-6-14(10-12)20-13-7-8-13/h2-6,9-10,13,16,19H,7-8,17H2,1H3. The Labute approximate surface area is 119 Å². The van der Waals surface area contributed by atoms with Crippen molar-refractivity contribution in [3.8, 4) is 5.75 Å². The number of nitrogens with one attached hydrogen (secondary N) is 1. The van der Waals surface area contributed by atoms with Crippen LogP contribution in [0.25, 0.3) is 0 Å². The van der Waals surface area contributed by atoms with Crippen molar-refractivity contribution in [3.05, 3.63) is 59.4 Å². The molecular weight excluding hydrogens is 250 g/mol. The summed E-state index contributed by atoms with van der Waals surface area (Å²) >= 11 is 0. The van der Waals surface area contributed by atoms with Gasteiger partial charge in [-0.2, -0.15) is 0 Å². The van der Waals surface area contributed by atoms with Crippen LogP contribution in [0, 0.1) is 6.92 Å². The molecule has 1 heterocycles. The van der Waals surface area contributed by atoms with Crippen LogP contribution in [-0.2, 0) is 0 Å². The van der Waals surface area contributed by atoms with Gasteiger partial charge in [-0.1, -0.05) is 18.2 Å². The molecular formula is C16H19N3O. The molecule has 3 rings (SSSR count). The smallest absolute Gasteiger partial charge is 0.120 e. The summed E-state index contributed by atoms with van der Waals surface area (Å²) in [6.45, 7) is 2.04. The Balaban J connectivity index is 1.90. The van der Waals surface area contributed by atoms with Crippen LogP contribution in [0.1, 0.15) is 35.7 Å². The van der Waals surface area contributed by atoms with Crippen LogP contribution in [0.5, 0.6) is 5.75 Å². The Kier molecular flexibility index (Phi) is 3.67. The molecule has 2 aromatic rings. The quantitative estimate of drug-likeness (QED) is 0.646. The lowest BCUT2D eigenvalue weighted by Crippen LogP contribution is -2.30. The van der Waals surface area contributed by atoms with E-state index in [4.69, 9.17) is 10.6 Å². The van der Waals surface area contributed by atoms with Crippen LogP contribution < -0.4 is 16.0 Å². The van der Waals surface area contributed by atoms with Gasteiger partial charge in [-0.05, 0) is 49.1 Å². The summed E-state index contributed by atoms with van der Waals surface area (Å²) in [6, 6.07) is 11.9. The van der Waals surface area contributed by atoms with Gasteiger partial charge in [-0.25, -0.2) is 5.43 Å². The van der Waals surface area contributed by atoms with Gasteiger partial charge in [-0.3, -0.25) is 10.8 Å². The Morgan fingerprint density at radius 2 is 2.15 bits per heavy atom. The van der Waals surface area contributed by atoms with Crippen molar-refractivity contribution in [3.63, 3.8) is 0 Å². The predicted molar refractivity (Wildman–Crippen MR) is 78.2 cm³/mol. The number of nitrogens with two attached hydrogens (primary N) is 1. The highest BCUT2D eigenvalue weighted by atomic mass is 16.5. The van der Waals surface area contributed by atoms with E-state index in [2.05, 4.69) is 10.4 Å². The van der Waals surface area contributed by atoms with E-state index in [0.717, 1.165) is 35.4 Å². The van der Waals surface area contributed by atoms with E-state index in [0.29, 0.717) is 6.10 Å². The lowest BCUT2D eigenvalue weighted by molar-refractivity contribution is 0.302. The van der Waals surface area contributed by atoms with Crippen molar-refractivity contribution in [1.82, 2.24) is 10.4 Å². The molecule has 1 aromatic carbocycles. The summed E-state index contributed by atoms with van der Waals surface area (Å²) in [6.07, 6.45) is 4.49. The van der Waals surface area contributed by atoms with Gasteiger partial charge < -0.3 is 4.74 Å². The molecule has 0 aliphatic heterocycles. The highest BCUT2D eigenvalue weighted by Gasteiger charge is 2.24. The van der Waals surface area contributed by atoms with Crippen LogP contribution in [-0.4, -0.2) is 11.1 Å². The van der Waals surface area contributed by atoms with Gasteiger partial charge in [0.2, 0.25) is 0 Å². The van der Waals surface area contributed by atoms with Crippen molar-refractivity contribution in [2.75, 3.05) is 0 Å². The second-order valence-corrected chi connectivity index (χ2v) is 5.19. The second kappa shape index (κ2) is 5.61. The topological polar surface area (TPSA) is 60.2 Å². The molecule has 0 radical (unpaired) electrons. The van der Waals surface area contributed by atoms with Gasteiger partial charge in [0.05, 0.1) is 17.8 Å². The SMILES string of the molecule is Cc1cccnc1C(NN)c1cccc(OC2CC2)c1. The maximum Gasteiger partial charge on any atom is 0.120 e. The summed E-state index contributed by atoms with van der Waals surface area (Å²) in [7, 11) is 0. The molecule has 1 aliphatic rings. The summed E-state index contributed by atoms with van der Waals surface area (Å²) in [4.78, 5) is 4.45. The summed E-state index contributed by atoms with van der Waals surface area (Å²) < 4.78 is 5.84. The molecule has 1 aromatic heterocycles. The van der Waals surface area contributed by atoms with E-state index in [1.54, 1.807) is 6.20 Å². The van der Waals surface area contributed by atoms with Crippen molar-refractivity contribution >= 4 is 0 Å². The third-order valence-corrected chi connectivity index (χ3v) is 3.51. The molecule has 104 valence electrons. The normalized spacial score (nSPS) is 15.9. The molecule has 0 spiro atoms. The van der Waals surface area contributed by atoms with Crippen molar-refractivity contribution < 1.29 is 4.74 Å². The summed E-state index contributed by atoms with van der Waals surface area (Å²) in [5, 5.41) is 0. The number of benzene rings is 1. The minimum absolute atomic E-state index is 0.126. The van der Waals surface area contributed by atoms with Crippen molar-refractivity contribution in [2.45, 2.75) is 31.9 Å². The fraction of sp³-hybridized carbons (Fsp3) is 0.312. The highest BCUT2D eigenvalue weighted by molar-refractivity contribution is 5.37. The first-order chi connectivity index (χ1) is 9.78. The van der Waals surface area contributed by atoms with E-state index >= 15 is 0 Å². The van der Waals surface area contributed by atoms with E-state index in [1.165, 1.54) is 0 Å². The Morgan fingerprint density at radius 1 is 1.30 bits per heavy atom. The zero-order chi connectivity index (χ0) is 13.9. The Morgan fingerprint density at radius 3 is 2.85 bits per heavy atom. The molecule has 1 saturated carbocycles. The van der Waals surface area contributed by atoms with Gasteiger partial charge in [-0.15, -0.1) is 0 Å². The van der Waals surface area contributed by atoms with Crippen LogP contribution in [0.2, 0.25) is 0 Å². The minimum Gasteiger partial charge on any atom is -0.490 e. The van der Waals surface area contributed by atoms with Crippen LogP contribution in [0.15, 0.2) is 42.6 Å². The first-order valence-corrected chi connectivity index (χ1v) is 6.92. The molecule has 1 aliphatic carbocycles. The van der Waals surface area contributed by atoms with Crippen molar-refractivity contribution in [2.24, 2.45) is 5.84 Å². The first-order valence-electron chi connectivity index (χ1n) is 6.92. The molecule has 0 bridgehead atoms. The number of ether oxygens (including phenoxy) is 1. The number of aromatic nitrogens is 1. The van der Waals surface area contributed by atoms with Gasteiger partial charge in [0.1, 0.15) is 5.75 Å². The zero-order valence-electron chi connectivity index (χ0n) is 11.5. The molecule has 4 heteroatoms. The predicted octanol–water partition coefficient (Wildman–Crippen LogP) is 2.48. The number of rotatable bonds is 5. The molecule has 0 saturated heterocycles. The molecule has 3 N–H and O–H groups in total. The number of nitrogens with zero attached hydrogens (tertiary/aromatic N) is 1. The van der Waals surface area contributed by atoms with Gasteiger partial charge >= 0.3 is 0 Å². The third kappa shape index (κ3) is 2.81. The maximum absolute atomic E-state index is 5.84. The van der Waals surface area contributed by atoms with E-state index in [9.17, 15) is 0 Å². The monoisotopic (exact) mass is 269 g/mol. The molecule has 1 fully saturated rings. The lowest BCUT2D eigenvalue weighted by atomic mass is 10.0. The minimum atomic E-state index is -0.126. The average Bonchev–Trinajstić information content (AvgIpc) is 3.26. The van der Waals surface area contributed by atoms with Gasteiger partial charge in [0.25, 0.3) is 0 Å².